The molecule has 5 nitrogen and oxygen atoms in total. The fraction of sp³-hybridized carbons (Fsp3) is 0.0217. The predicted octanol–water partition coefficient (Wildman–Crippen LogP) is 11.8. The summed E-state index contributed by atoms with van der Waals surface area (Å²) in [5.41, 5.74) is -0.165. The van der Waals surface area contributed by atoms with Crippen LogP contribution in [0.25, 0.3) is 94.7 Å². The lowest BCUT2D eigenvalue weighted by Gasteiger charge is -2.11. The van der Waals surface area contributed by atoms with Crippen LogP contribution in [-0.4, -0.2) is 19.5 Å². The first-order chi connectivity index (χ1) is 32.7. The van der Waals surface area contributed by atoms with Crippen molar-refractivity contribution in [1.82, 2.24) is 19.5 Å². The smallest absolute Gasteiger partial charge is 0.238 e. The summed E-state index contributed by atoms with van der Waals surface area (Å²) >= 11 is 0. The lowest BCUT2D eigenvalue weighted by molar-refractivity contribution is 0.670. The van der Waals surface area contributed by atoms with Crippen LogP contribution in [0.15, 0.2) is 168 Å². The molecule has 0 fully saturated rings. The molecule has 0 aliphatic heterocycles. The first-order valence-electron chi connectivity index (χ1n) is 24.7. The zero-order valence-electron chi connectivity index (χ0n) is 44.4. The second kappa shape index (κ2) is 11.6. The van der Waals surface area contributed by atoms with E-state index in [0.717, 1.165) is 15.7 Å². The minimum Gasteiger partial charge on any atom is -0.455 e. The van der Waals surface area contributed by atoms with Gasteiger partial charge >= 0.3 is 0 Å². The Bertz CT molecular complexity index is 3840. The fourth-order valence-electron chi connectivity index (χ4n) is 6.13. The number of nitrogens with zero attached hydrogens (tertiary/aromatic N) is 4. The molecular formula is C46H30N4O. The van der Waals surface area contributed by atoms with Crippen LogP contribution < -0.4 is 0 Å². The molecule has 0 spiro atoms. The van der Waals surface area contributed by atoms with E-state index in [4.69, 9.17) is 26.3 Å². The van der Waals surface area contributed by atoms with Gasteiger partial charge in [0.1, 0.15) is 11.2 Å². The molecule has 0 saturated heterocycles. The van der Waals surface area contributed by atoms with Crippen molar-refractivity contribution in [3.63, 3.8) is 0 Å². The predicted molar refractivity (Wildman–Crippen MR) is 208 cm³/mol. The largest absolute Gasteiger partial charge is 0.455 e. The molecule has 7 aromatic carbocycles. The molecule has 0 amide bonds. The van der Waals surface area contributed by atoms with Crippen LogP contribution in [0.3, 0.4) is 0 Å². The van der Waals surface area contributed by atoms with Gasteiger partial charge < -0.3 is 4.42 Å². The van der Waals surface area contributed by atoms with Crippen molar-refractivity contribution in [3.05, 3.63) is 169 Å². The Balaban J connectivity index is 1.38. The molecular weight excluding hydrogens is 625 g/mol. The first kappa shape index (κ1) is 16.2. The van der Waals surface area contributed by atoms with Crippen molar-refractivity contribution >= 4 is 43.7 Å². The Morgan fingerprint density at radius 3 is 1.92 bits per heavy atom. The van der Waals surface area contributed by atoms with Gasteiger partial charge in [-0.25, -0.2) is 4.98 Å². The van der Waals surface area contributed by atoms with Gasteiger partial charge in [-0.05, 0) is 47.8 Å². The number of para-hydroxylation sites is 3. The molecule has 0 aliphatic rings. The van der Waals surface area contributed by atoms with Crippen LogP contribution in [0.1, 0.15) is 30.2 Å². The number of fused-ring (bicyclic) bond motifs is 6. The van der Waals surface area contributed by atoms with E-state index in [-0.39, 0.29) is 60.9 Å². The normalized spacial score (nSPS) is 16.6. The van der Waals surface area contributed by atoms with Crippen molar-refractivity contribution in [2.24, 2.45) is 0 Å². The number of hydrogen-bond acceptors (Lipinski definition) is 4. The van der Waals surface area contributed by atoms with Crippen molar-refractivity contribution in [2.75, 3.05) is 0 Å². The summed E-state index contributed by atoms with van der Waals surface area (Å²) < 4.78 is 167. The van der Waals surface area contributed by atoms with Crippen LogP contribution in [0.2, 0.25) is 0 Å². The highest BCUT2D eigenvalue weighted by atomic mass is 16.3. The summed E-state index contributed by atoms with van der Waals surface area (Å²) in [5, 5.41) is -0.840. The van der Waals surface area contributed by atoms with E-state index in [1.54, 1.807) is 24.3 Å². The third-order valence-corrected chi connectivity index (χ3v) is 8.45. The number of rotatable bonds is 5. The zero-order chi connectivity index (χ0) is 49.6. The molecule has 5 heteroatoms. The summed E-state index contributed by atoms with van der Waals surface area (Å²) in [4.78, 5) is 13.7. The molecule has 3 heterocycles. The maximum atomic E-state index is 9.35. The average Bonchev–Trinajstić information content (AvgIpc) is 3.92. The SMILES string of the molecule is [2H]c1c([2H])c([2H])c(-c2nc(-c3c([2H])c([2H])c([2H])c4c3oc3c(-c5ccc(-c6ccccc6)cc5)c([2H])c([2H])c([2H])c34)nc(-n3c4c([2H])c([2H])c([2H])c([2H])c4c4c([2H])c(C)c([2H])c([2H])c43)n2)c([2H])c1[2H]. The van der Waals surface area contributed by atoms with Crippen LogP contribution >= 0.6 is 0 Å². The highest BCUT2D eigenvalue weighted by Gasteiger charge is 2.21. The highest BCUT2D eigenvalue weighted by molar-refractivity contribution is 6.13. The molecule has 0 N–H and O–H groups in total. The standard InChI is InChI=1S/C46H30N4O/c1-29-22-27-41-39(28-29)35-16-8-9-21-40(35)50(41)46-48-44(33-14-6-3-7-15-33)47-45(49-46)38-20-11-19-37-36-18-10-17-34(42(36)51-43(37)38)32-25-23-31(24-26-32)30-12-4-2-5-13-30/h2-28H,1H3/i3D,6D,7D,8D,9D,10D,11D,14D,15D,16D,17D,18D,19D,20D,21D,22D,27D,28D. The highest BCUT2D eigenvalue weighted by Crippen LogP contribution is 2.40. The first-order valence-corrected chi connectivity index (χ1v) is 15.7. The Morgan fingerprint density at radius 2 is 1.12 bits per heavy atom. The van der Waals surface area contributed by atoms with E-state index in [1.807, 2.05) is 30.3 Å². The van der Waals surface area contributed by atoms with Crippen molar-refractivity contribution in [1.29, 1.82) is 0 Å². The molecule has 0 atom stereocenters. The van der Waals surface area contributed by atoms with Crippen molar-refractivity contribution in [2.45, 2.75) is 6.92 Å². The van der Waals surface area contributed by atoms with Gasteiger partial charge in [-0.3, -0.25) is 4.57 Å². The number of furan rings is 1. The molecule has 10 rings (SSSR count). The lowest BCUT2D eigenvalue weighted by Crippen LogP contribution is -2.06. The second-order valence-electron chi connectivity index (χ2n) is 11.5. The Hall–Kier alpha value is -6.85. The minimum absolute atomic E-state index is 0.00615. The van der Waals surface area contributed by atoms with Crippen LogP contribution in [0.4, 0.5) is 0 Å². The van der Waals surface area contributed by atoms with Gasteiger partial charge in [0.25, 0.3) is 0 Å². The van der Waals surface area contributed by atoms with E-state index in [0.29, 0.717) is 5.56 Å². The lowest BCUT2D eigenvalue weighted by atomic mass is 9.99. The fourth-order valence-corrected chi connectivity index (χ4v) is 6.13. The molecule has 240 valence electrons. The van der Waals surface area contributed by atoms with E-state index >= 15 is 0 Å². The van der Waals surface area contributed by atoms with E-state index in [2.05, 4.69) is 15.0 Å². The molecule has 3 aromatic heterocycles. The molecule has 0 saturated carbocycles. The topological polar surface area (TPSA) is 56.7 Å². The summed E-state index contributed by atoms with van der Waals surface area (Å²) in [6, 6.07) is 4.83. The monoisotopic (exact) mass is 672 g/mol. The Morgan fingerprint density at radius 1 is 0.490 bits per heavy atom. The van der Waals surface area contributed by atoms with Gasteiger partial charge in [-0.15, -0.1) is 0 Å². The summed E-state index contributed by atoms with van der Waals surface area (Å²) in [6.45, 7) is 1.40. The van der Waals surface area contributed by atoms with E-state index in [9.17, 15) is 2.74 Å². The van der Waals surface area contributed by atoms with E-state index < -0.39 is 131 Å². The Labute approximate surface area is 319 Å². The number of benzene rings is 7. The quantitative estimate of drug-likeness (QED) is 0.183. The molecule has 0 bridgehead atoms. The summed E-state index contributed by atoms with van der Waals surface area (Å²) in [6.07, 6.45) is 0. The Kier molecular flexibility index (Phi) is 3.71. The van der Waals surface area contributed by atoms with Crippen molar-refractivity contribution in [3.8, 4) is 51.0 Å². The summed E-state index contributed by atoms with van der Waals surface area (Å²) in [5.74, 6) is -1.92. The number of hydrogen-bond donors (Lipinski definition) is 0. The van der Waals surface area contributed by atoms with Crippen LogP contribution in [0, 0.1) is 6.92 Å². The van der Waals surface area contributed by atoms with Crippen LogP contribution in [0.5, 0.6) is 0 Å². The van der Waals surface area contributed by atoms with E-state index in [1.165, 1.54) is 6.92 Å². The van der Waals surface area contributed by atoms with Gasteiger partial charge in [-0.2, -0.15) is 9.97 Å². The van der Waals surface area contributed by atoms with Gasteiger partial charge in [0.15, 0.2) is 11.6 Å². The molecule has 10 aromatic rings. The average molecular weight is 673 g/mol. The maximum absolute atomic E-state index is 9.35. The maximum Gasteiger partial charge on any atom is 0.238 e. The van der Waals surface area contributed by atoms with Gasteiger partial charge in [0, 0.05) is 32.7 Å². The van der Waals surface area contributed by atoms with Crippen LogP contribution in [-0.2, 0) is 0 Å². The second-order valence-corrected chi connectivity index (χ2v) is 11.5. The van der Waals surface area contributed by atoms with Gasteiger partial charge in [0.2, 0.25) is 5.95 Å². The number of aromatic nitrogens is 4. The van der Waals surface area contributed by atoms with Crippen molar-refractivity contribution < 1.29 is 29.1 Å². The zero-order valence-corrected chi connectivity index (χ0v) is 26.4. The molecule has 0 radical (unpaired) electrons. The molecule has 51 heavy (non-hydrogen) atoms. The molecule has 0 aliphatic carbocycles. The van der Waals surface area contributed by atoms with Gasteiger partial charge in [0.05, 0.1) is 41.3 Å². The minimum atomic E-state index is -0.792. The third kappa shape index (κ3) is 4.82. The summed E-state index contributed by atoms with van der Waals surface area (Å²) in [7, 11) is 0. The van der Waals surface area contributed by atoms with Gasteiger partial charge in [-0.1, -0.05) is 145 Å². The molecule has 0 unspecified atom stereocenters. The third-order valence-electron chi connectivity index (χ3n) is 8.45.